The van der Waals surface area contributed by atoms with E-state index in [0.29, 0.717) is 30.1 Å². The molecule has 4 rings (SSSR count). The van der Waals surface area contributed by atoms with Gasteiger partial charge in [-0.05, 0) is 36.4 Å². The maximum atomic E-state index is 13.4. The summed E-state index contributed by atoms with van der Waals surface area (Å²) in [7, 11) is 1.60. The number of methoxy groups -OCH3 is 1. The van der Waals surface area contributed by atoms with Gasteiger partial charge in [0.15, 0.2) is 0 Å². The zero-order valence-electron chi connectivity index (χ0n) is 16.3. The highest BCUT2D eigenvalue weighted by Gasteiger charge is 2.22. The highest BCUT2D eigenvalue weighted by Crippen LogP contribution is 2.17. The number of rotatable bonds is 5. The molecule has 0 atom stereocenters. The van der Waals surface area contributed by atoms with E-state index in [4.69, 9.17) is 4.74 Å². The Labute approximate surface area is 169 Å². The van der Waals surface area contributed by atoms with Gasteiger partial charge in [0.1, 0.15) is 11.6 Å². The van der Waals surface area contributed by atoms with Crippen molar-refractivity contribution in [3.63, 3.8) is 0 Å². The lowest BCUT2D eigenvalue weighted by molar-refractivity contribution is 0.0628. The molecule has 2 aromatic carbocycles. The molecule has 6 nitrogen and oxygen atoms in total. The summed E-state index contributed by atoms with van der Waals surface area (Å²) < 4.78 is 20.3. The fraction of sp³-hybridized carbons (Fsp3) is 0.273. The van der Waals surface area contributed by atoms with Gasteiger partial charge in [0, 0.05) is 50.0 Å². The van der Waals surface area contributed by atoms with Crippen LogP contribution in [0.15, 0.2) is 60.9 Å². The zero-order chi connectivity index (χ0) is 20.2. The van der Waals surface area contributed by atoms with Gasteiger partial charge >= 0.3 is 0 Å². The molecule has 1 aliphatic rings. The average Bonchev–Trinajstić information content (AvgIpc) is 3.22. The summed E-state index contributed by atoms with van der Waals surface area (Å²) in [4.78, 5) is 16.9. The molecule has 0 bridgehead atoms. The molecule has 0 radical (unpaired) electrons. The van der Waals surface area contributed by atoms with Crippen molar-refractivity contribution in [3.8, 4) is 11.4 Å². The van der Waals surface area contributed by atoms with Crippen LogP contribution in [0.2, 0.25) is 0 Å². The number of aromatic nitrogens is 2. The topological polar surface area (TPSA) is 50.6 Å². The molecule has 0 saturated carbocycles. The van der Waals surface area contributed by atoms with Gasteiger partial charge in [-0.15, -0.1) is 0 Å². The molecule has 0 spiro atoms. The van der Waals surface area contributed by atoms with Crippen molar-refractivity contribution in [1.29, 1.82) is 0 Å². The van der Waals surface area contributed by atoms with Crippen LogP contribution in [0.1, 0.15) is 15.9 Å². The molecule has 0 unspecified atom stereocenters. The molecular weight excluding hydrogens is 371 g/mol. The van der Waals surface area contributed by atoms with Gasteiger partial charge in [-0.3, -0.25) is 9.69 Å². The number of piperazine rings is 1. The first-order chi connectivity index (χ1) is 14.1. The predicted molar refractivity (Wildman–Crippen MR) is 108 cm³/mol. The molecule has 150 valence electrons. The van der Waals surface area contributed by atoms with Gasteiger partial charge in [-0.25, -0.2) is 9.07 Å². The van der Waals surface area contributed by atoms with Crippen molar-refractivity contribution in [2.24, 2.45) is 0 Å². The molecule has 1 aromatic heterocycles. The van der Waals surface area contributed by atoms with Crippen LogP contribution in [-0.2, 0) is 6.54 Å². The van der Waals surface area contributed by atoms with Gasteiger partial charge in [0.2, 0.25) is 0 Å². The Bertz CT molecular complexity index is 996. The monoisotopic (exact) mass is 394 g/mol. The number of nitrogens with zero attached hydrogens (tertiary/aromatic N) is 4. The minimum absolute atomic E-state index is 0.0301. The third-order valence-electron chi connectivity index (χ3n) is 5.09. The summed E-state index contributed by atoms with van der Waals surface area (Å²) in [5, 5.41) is 4.34. The number of carbonyl (C=O) groups excluding carboxylic acids is 1. The van der Waals surface area contributed by atoms with Crippen molar-refractivity contribution < 1.29 is 13.9 Å². The molecular formula is C22H23FN4O2. The molecule has 2 heterocycles. The van der Waals surface area contributed by atoms with E-state index in [1.807, 2.05) is 35.4 Å². The Morgan fingerprint density at radius 1 is 1.10 bits per heavy atom. The highest BCUT2D eigenvalue weighted by atomic mass is 19.1. The summed E-state index contributed by atoms with van der Waals surface area (Å²) >= 11 is 0. The summed E-state index contributed by atoms with van der Waals surface area (Å²) in [5.41, 5.74) is 2.40. The van der Waals surface area contributed by atoms with E-state index in [2.05, 4.69) is 10.00 Å². The second-order valence-electron chi connectivity index (χ2n) is 7.07. The van der Waals surface area contributed by atoms with Crippen LogP contribution in [0.5, 0.6) is 5.75 Å². The Balaban J connectivity index is 1.34. The van der Waals surface area contributed by atoms with E-state index in [9.17, 15) is 9.18 Å². The predicted octanol–water partition coefficient (Wildman–Crippen LogP) is 2.98. The zero-order valence-corrected chi connectivity index (χ0v) is 16.3. The Morgan fingerprint density at radius 2 is 1.90 bits per heavy atom. The number of amides is 1. The minimum Gasteiger partial charge on any atom is -0.497 e. The first-order valence-electron chi connectivity index (χ1n) is 9.57. The number of carbonyl (C=O) groups is 1. The van der Waals surface area contributed by atoms with Crippen molar-refractivity contribution in [1.82, 2.24) is 19.6 Å². The fourth-order valence-corrected chi connectivity index (χ4v) is 3.51. The van der Waals surface area contributed by atoms with Gasteiger partial charge in [-0.1, -0.05) is 12.1 Å². The van der Waals surface area contributed by atoms with E-state index < -0.39 is 0 Å². The smallest absolute Gasteiger partial charge is 0.254 e. The van der Waals surface area contributed by atoms with Gasteiger partial charge < -0.3 is 9.64 Å². The van der Waals surface area contributed by atoms with E-state index in [0.717, 1.165) is 25.2 Å². The lowest BCUT2D eigenvalue weighted by atomic mass is 10.1. The van der Waals surface area contributed by atoms with Crippen LogP contribution < -0.4 is 4.74 Å². The maximum Gasteiger partial charge on any atom is 0.254 e. The quantitative estimate of drug-likeness (QED) is 0.668. The third kappa shape index (κ3) is 4.46. The Morgan fingerprint density at radius 3 is 2.66 bits per heavy atom. The SMILES string of the molecule is COc1cccc(C(=O)N2CCN(Cc3cnn(-c4cccc(F)c4)c3)CC2)c1. The second-order valence-corrected chi connectivity index (χ2v) is 7.07. The van der Waals surface area contributed by atoms with E-state index in [1.54, 1.807) is 30.1 Å². The molecule has 0 N–H and O–H groups in total. The highest BCUT2D eigenvalue weighted by molar-refractivity contribution is 5.94. The summed E-state index contributed by atoms with van der Waals surface area (Å²) in [6.45, 7) is 3.68. The maximum absolute atomic E-state index is 13.4. The normalized spacial score (nSPS) is 14.8. The van der Waals surface area contributed by atoms with Crippen LogP contribution in [-0.4, -0.2) is 58.8 Å². The van der Waals surface area contributed by atoms with Crippen LogP contribution in [0.4, 0.5) is 4.39 Å². The summed E-state index contributed by atoms with van der Waals surface area (Å²) in [6.07, 6.45) is 3.72. The number of hydrogen-bond donors (Lipinski definition) is 0. The van der Waals surface area contributed by atoms with Crippen molar-refractivity contribution in [2.75, 3.05) is 33.3 Å². The van der Waals surface area contributed by atoms with Crippen molar-refractivity contribution >= 4 is 5.91 Å². The lowest BCUT2D eigenvalue weighted by Gasteiger charge is -2.34. The van der Waals surface area contributed by atoms with E-state index >= 15 is 0 Å². The van der Waals surface area contributed by atoms with Crippen LogP contribution in [0.25, 0.3) is 5.69 Å². The number of halogens is 1. The average molecular weight is 394 g/mol. The molecule has 3 aromatic rings. The molecule has 1 saturated heterocycles. The van der Waals surface area contributed by atoms with Crippen LogP contribution in [0.3, 0.4) is 0 Å². The largest absolute Gasteiger partial charge is 0.497 e. The van der Waals surface area contributed by atoms with Gasteiger partial charge in [0.25, 0.3) is 5.91 Å². The first kappa shape index (κ1) is 19.1. The molecule has 0 aliphatic carbocycles. The summed E-state index contributed by atoms with van der Waals surface area (Å²) in [5.74, 6) is 0.434. The van der Waals surface area contributed by atoms with Crippen LogP contribution >= 0.6 is 0 Å². The molecule has 7 heteroatoms. The minimum atomic E-state index is -0.281. The molecule has 29 heavy (non-hydrogen) atoms. The standard InChI is InChI=1S/C22H23FN4O2/c1-29-21-7-2-4-18(12-21)22(28)26-10-8-25(9-11-26)15-17-14-24-27(16-17)20-6-3-5-19(23)13-20/h2-7,12-14,16H,8-11,15H2,1H3. The summed E-state index contributed by atoms with van der Waals surface area (Å²) in [6, 6.07) is 13.6. The van der Waals surface area contributed by atoms with E-state index in [-0.39, 0.29) is 11.7 Å². The van der Waals surface area contributed by atoms with Gasteiger partial charge in [-0.2, -0.15) is 5.10 Å². The molecule has 1 fully saturated rings. The number of hydrogen-bond acceptors (Lipinski definition) is 4. The van der Waals surface area contributed by atoms with Crippen molar-refractivity contribution in [2.45, 2.75) is 6.54 Å². The fourth-order valence-electron chi connectivity index (χ4n) is 3.51. The molecule has 1 aliphatic heterocycles. The van der Waals surface area contributed by atoms with E-state index in [1.165, 1.54) is 12.1 Å². The Hall–Kier alpha value is -3.19. The van der Waals surface area contributed by atoms with Crippen molar-refractivity contribution in [3.05, 3.63) is 77.9 Å². The first-order valence-corrected chi connectivity index (χ1v) is 9.57. The lowest BCUT2D eigenvalue weighted by Crippen LogP contribution is -2.48. The Kier molecular flexibility index (Phi) is 5.57. The second kappa shape index (κ2) is 8.45. The number of benzene rings is 2. The van der Waals surface area contributed by atoms with Gasteiger partial charge in [0.05, 0.1) is 19.0 Å². The van der Waals surface area contributed by atoms with Crippen LogP contribution in [0, 0.1) is 5.82 Å². The molecule has 1 amide bonds. The third-order valence-corrected chi connectivity index (χ3v) is 5.09. The number of ether oxygens (including phenoxy) is 1.